The van der Waals surface area contributed by atoms with E-state index in [1.165, 1.54) is 44.9 Å². The summed E-state index contributed by atoms with van der Waals surface area (Å²) >= 11 is 0. The van der Waals surface area contributed by atoms with Crippen LogP contribution < -0.4 is 0 Å². The number of esters is 1. The second kappa shape index (κ2) is 12.1. The van der Waals surface area contributed by atoms with E-state index in [9.17, 15) is 4.79 Å². The maximum Gasteiger partial charge on any atom is 0.308 e. The molecule has 0 saturated carbocycles. The van der Waals surface area contributed by atoms with E-state index >= 15 is 0 Å². The second-order valence-electron chi connectivity index (χ2n) is 7.64. The lowest BCUT2D eigenvalue weighted by molar-refractivity contribution is -0.148. The number of ether oxygens (including phenoxy) is 1. The molecule has 0 radical (unpaired) electrons. The quantitative estimate of drug-likeness (QED) is 0.320. The van der Waals surface area contributed by atoms with Gasteiger partial charge in [-0.1, -0.05) is 79.6 Å². The van der Waals surface area contributed by atoms with Crippen molar-refractivity contribution >= 4 is 5.97 Å². The minimum Gasteiger partial charge on any atom is -0.465 e. The highest BCUT2D eigenvalue weighted by Gasteiger charge is 2.13. The third-order valence-corrected chi connectivity index (χ3v) is 3.91. The van der Waals surface area contributed by atoms with Crippen molar-refractivity contribution in [3.8, 4) is 0 Å². The zero-order valence-electron chi connectivity index (χ0n) is 15.2. The van der Waals surface area contributed by atoms with Crippen LogP contribution in [0.25, 0.3) is 0 Å². The molecule has 0 aromatic carbocycles. The summed E-state index contributed by atoms with van der Waals surface area (Å²) in [5, 5.41) is 0. The summed E-state index contributed by atoms with van der Waals surface area (Å²) in [6.07, 6.45) is 12.4. The molecule has 0 aromatic heterocycles. The van der Waals surface area contributed by atoms with Crippen LogP contribution in [0.5, 0.6) is 0 Å². The first-order chi connectivity index (χ1) is 9.87. The molecule has 1 atom stereocenters. The number of carbonyl (C=O) groups excluding carboxylic acids is 1. The molecule has 0 saturated heterocycles. The van der Waals surface area contributed by atoms with E-state index in [1.54, 1.807) is 0 Å². The third kappa shape index (κ3) is 14.2. The largest absolute Gasteiger partial charge is 0.465 e. The van der Waals surface area contributed by atoms with E-state index in [-0.39, 0.29) is 11.9 Å². The zero-order valence-corrected chi connectivity index (χ0v) is 15.2. The van der Waals surface area contributed by atoms with E-state index in [1.807, 2.05) is 13.8 Å². The Morgan fingerprint density at radius 2 is 1.48 bits per heavy atom. The summed E-state index contributed by atoms with van der Waals surface area (Å²) in [6, 6.07) is 0. The zero-order chi connectivity index (χ0) is 16.1. The SMILES string of the molecule is CCCOC(=O)C(C)CCCCCCCCCC(C)(C)C. The topological polar surface area (TPSA) is 26.3 Å². The van der Waals surface area contributed by atoms with Gasteiger partial charge in [0.1, 0.15) is 0 Å². The molecule has 0 aliphatic heterocycles. The van der Waals surface area contributed by atoms with Gasteiger partial charge in [0.15, 0.2) is 0 Å². The molecule has 21 heavy (non-hydrogen) atoms. The molecule has 2 nitrogen and oxygen atoms in total. The van der Waals surface area contributed by atoms with Crippen LogP contribution in [0.15, 0.2) is 0 Å². The van der Waals surface area contributed by atoms with Crippen molar-refractivity contribution in [2.45, 2.75) is 98.8 Å². The van der Waals surface area contributed by atoms with Crippen molar-refractivity contribution < 1.29 is 9.53 Å². The summed E-state index contributed by atoms with van der Waals surface area (Å²) < 4.78 is 5.16. The first-order valence-electron chi connectivity index (χ1n) is 9.03. The fourth-order valence-electron chi connectivity index (χ4n) is 2.45. The van der Waals surface area contributed by atoms with E-state index in [0.29, 0.717) is 12.0 Å². The number of unbranched alkanes of at least 4 members (excludes halogenated alkanes) is 6. The molecule has 0 rings (SSSR count). The molecule has 0 aromatic rings. The van der Waals surface area contributed by atoms with Crippen molar-refractivity contribution in [1.29, 1.82) is 0 Å². The Labute approximate surface area is 133 Å². The summed E-state index contributed by atoms with van der Waals surface area (Å²) in [6.45, 7) is 11.5. The molecule has 0 aliphatic carbocycles. The van der Waals surface area contributed by atoms with E-state index in [4.69, 9.17) is 4.74 Å². The Balaban J connectivity index is 3.34. The van der Waals surface area contributed by atoms with Gasteiger partial charge in [0.25, 0.3) is 0 Å². The van der Waals surface area contributed by atoms with Gasteiger partial charge in [-0.25, -0.2) is 0 Å². The summed E-state index contributed by atoms with van der Waals surface area (Å²) in [5.41, 5.74) is 0.489. The average Bonchev–Trinajstić information content (AvgIpc) is 2.41. The lowest BCUT2D eigenvalue weighted by atomic mass is 9.89. The molecule has 0 fully saturated rings. The summed E-state index contributed by atoms with van der Waals surface area (Å²) in [7, 11) is 0. The molecule has 126 valence electrons. The number of carbonyl (C=O) groups is 1. The van der Waals surface area contributed by atoms with Crippen molar-refractivity contribution in [2.24, 2.45) is 11.3 Å². The van der Waals surface area contributed by atoms with Gasteiger partial charge in [-0.2, -0.15) is 0 Å². The van der Waals surface area contributed by atoms with Crippen molar-refractivity contribution in [1.82, 2.24) is 0 Å². The Morgan fingerprint density at radius 1 is 0.952 bits per heavy atom. The van der Waals surface area contributed by atoms with Gasteiger partial charge in [-0.15, -0.1) is 0 Å². The van der Waals surface area contributed by atoms with Crippen LogP contribution in [0.4, 0.5) is 0 Å². The van der Waals surface area contributed by atoms with Crippen LogP contribution in [0.1, 0.15) is 98.8 Å². The molecule has 0 heterocycles. The van der Waals surface area contributed by atoms with Crippen LogP contribution in [0.3, 0.4) is 0 Å². The minimum atomic E-state index is -0.0148. The van der Waals surface area contributed by atoms with Gasteiger partial charge in [0.2, 0.25) is 0 Å². The highest BCUT2D eigenvalue weighted by molar-refractivity contribution is 5.71. The lowest BCUT2D eigenvalue weighted by Crippen LogP contribution is -2.15. The standard InChI is InChI=1S/C19H38O2/c1-6-16-21-18(20)17(2)14-12-10-8-7-9-11-13-15-19(3,4)5/h17H,6-16H2,1-5H3. The normalized spacial score (nSPS) is 13.2. The maximum absolute atomic E-state index is 11.6. The molecule has 0 N–H and O–H groups in total. The fourth-order valence-corrected chi connectivity index (χ4v) is 2.45. The maximum atomic E-state index is 11.6. The second-order valence-corrected chi connectivity index (χ2v) is 7.64. The molecular formula is C19H38O2. The van der Waals surface area contributed by atoms with Gasteiger partial charge in [-0.3, -0.25) is 4.79 Å². The van der Waals surface area contributed by atoms with Crippen LogP contribution >= 0.6 is 0 Å². The smallest absolute Gasteiger partial charge is 0.308 e. The van der Waals surface area contributed by atoms with Gasteiger partial charge in [0.05, 0.1) is 12.5 Å². The van der Waals surface area contributed by atoms with Crippen molar-refractivity contribution in [3.05, 3.63) is 0 Å². The average molecular weight is 299 g/mol. The number of rotatable bonds is 12. The molecule has 0 aliphatic rings. The van der Waals surface area contributed by atoms with E-state index in [0.717, 1.165) is 19.3 Å². The van der Waals surface area contributed by atoms with Crippen LogP contribution in [-0.2, 0) is 9.53 Å². The molecule has 0 spiro atoms. The predicted molar refractivity (Wildman–Crippen MR) is 91.4 cm³/mol. The Morgan fingerprint density at radius 3 is 2.00 bits per heavy atom. The van der Waals surface area contributed by atoms with Gasteiger partial charge in [-0.05, 0) is 24.7 Å². The molecule has 0 bridgehead atoms. The summed E-state index contributed by atoms with van der Waals surface area (Å²) in [5.74, 6) is 0.0577. The van der Waals surface area contributed by atoms with E-state index in [2.05, 4.69) is 20.8 Å². The van der Waals surface area contributed by atoms with Crippen molar-refractivity contribution in [2.75, 3.05) is 6.61 Å². The summed E-state index contributed by atoms with van der Waals surface area (Å²) in [4.78, 5) is 11.6. The van der Waals surface area contributed by atoms with E-state index < -0.39 is 0 Å². The predicted octanol–water partition coefficient (Wildman–Crippen LogP) is 6.13. The van der Waals surface area contributed by atoms with Crippen LogP contribution in [0.2, 0.25) is 0 Å². The van der Waals surface area contributed by atoms with Gasteiger partial charge in [0, 0.05) is 0 Å². The number of hydrogen-bond acceptors (Lipinski definition) is 2. The Hall–Kier alpha value is -0.530. The first-order valence-corrected chi connectivity index (χ1v) is 9.03. The molecular weight excluding hydrogens is 260 g/mol. The van der Waals surface area contributed by atoms with Gasteiger partial charge >= 0.3 is 5.97 Å². The van der Waals surface area contributed by atoms with Crippen LogP contribution in [-0.4, -0.2) is 12.6 Å². The molecule has 1 unspecified atom stereocenters. The molecule has 0 amide bonds. The monoisotopic (exact) mass is 298 g/mol. The first kappa shape index (κ1) is 20.5. The third-order valence-electron chi connectivity index (χ3n) is 3.91. The highest BCUT2D eigenvalue weighted by Crippen LogP contribution is 2.22. The molecule has 2 heteroatoms. The Kier molecular flexibility index (Phi) is 11.8. The van der Waals surface area contributed by atoms with Gasteiger partial charge < -0.3 is 4.74 Å². The number of hydrogen-bond donors (Lipinski definition) is 0. The van der Waals surface area contributed by atoms with Crippen molar-refractivity contribution in [3.63, 3.8) is 0 Å². The minimum absolute atomic E-state index is 0.0148. The fraction of sp³-hybridized carbons (Fsp3) is 0.947. The van der Waals surface area contributed by atoms with Crippen LogP contribution in [0, 0.1) is 11.3 Å². The Bertz CT molecular complexity index is 253. The highest BCUT2D eigenvalue weighted by atomic mass is 16.5. The lowest BCUT2D eigenvalue weighted by Gasteiger charge is -2.17.